The molecule has 1 fully saturated rings. The summed E-state index contributed by atoms with van der Waals surface area (Å²) in [5, 5.41) is 15.3. The fourth-order valence-electron chi connectivity index (χ4n) is 2.24. The maximum Gasteiger partial charge on any atom is 0.144 e. The number of nitrogens with one attached hydrogen (secondary N) is 1. The molecule has 0 radical (unpaired) electrons. The van der Waals surface area contributed by atoms with Gasteiger partial charge in [0.05, 0.1) is 0 Å². The average Bonchev–Trinajstić information content (AvgIpc) is 3.04. The topological polar surface area (TPSA) is 70.6 Å². The van der Waals surface area contributed by atoms with Crippen LogP contribution in [-0.2, 0) is 0 Å². The molecule has 0 amide bonds. The van der Waals surface area contributed by atoms with Gasteiger partial charge in [0, 0.05) is 12.0 Å². The van der Waals surface area contributed by atoms with Gasteiger partial charge in [-0.25, -0.2) is 0 Å². The summed E-state index contributed by atoms with van der Waals surface area (Å²) in [6, 6.07) is 0. The molecule has 4 heteroatoms. The standard InChI is InChI=1S/C13H27N3O/c1-4-5-13(6-7-13)10-15-9-8-12(2,3)11(14)16-17/h15,17H,4-10H2,1-3H3,(H2,14,16). The van der Waals surface area contributed by atoms with Gasteiger partial charge < -0.3 is 16.3 Å². The third-order valence-corrected chi connectivity index (χ3v) is 3.97. The van der Waals surface area contributed by atoms with Crippen LogP contribution in [0.1, 0.15) is 52.9 Å². The fourth-order valence-corrected chi connectivity index (χ4v) is 2.24. The SMILES string of the molecule is CCCC1(CNCCC(C)(C)C(N)=NO)CC1. The van der Waals surface area contributed by atoms with E-state index in [0.717, 1.165) is 19.5 Å². The molecule has 0 heterocycles. The number of rotatable bonds is 8. The van der Waals surface area contributed by atoms with Crippen molar-refractivity contribution in [2.45, 2.75) is 52.9 Å². The minimum Gasteiger partial charge on any atom is -0.409 e. The van der Waals surface area contributed by atoms with E-state index in [-0.39, 0.29) is 5.41 Å². The molecule has 0 aromatic heterocycles. The molecule has 1 aliphatic rings. The maximum atomic E-state index is 8.68. The molecule has 4 N–H and O–H groups in total. The van der Waals surface area contributed by atoms with Crippen molar-refractivity contribution in [2.75, 3.05) is 13.1 Å². The Morgan fingerprint density at radius 2 is 2.12 bits per heavy atom. The Kier molecular flexibility index (Phi) is 4.80. The number of oxime groups is 1. The quantitative estimate of drug-likeness (QED) is 0.201. The van der Waals surface area contributed by atoms with E-state index in [0.29, 0.717) is 11.3 Å². The van der Waals surface area contributed by atoms with E-state index in [2.05, 4.69) is 17.4 Å². The summed E-state index contributed by atoms with van der Waals surface area (Å²) < 4.78 is 0. The summed E-state index contributed by atoms with van der Waals surface area (Å²) >= 11 is 0. The largest absolute Gasteiger partial charge is 0.409 e. The van der Waals surface area contributed by atoms with E-state index in [4.69, 9.17) is 10.9 Å². The Bertz CT molecular complexity index is 270. The first-order chi connectivity index (χ1) is 7.96. The Labute approximate surface area is 105 Å². The van der Waals surface area contributed by atoms with Crippen LogP contribution < -0.4 is 11.1 Å². The van der Waals surface area contributed by atoms with Gasteiger partial charge >= 0.3 is 0 Å². The average molecular weight is 241 g/mol. The normalized spacial score (nSPS) is 19.4. The van der Waals surface area contributed by atoms with Crippen LogP contribution >= 0.6 is 0 Å². The van der Waals surface area contributed by atoms with E-state index in [1.54, 1.807) is 0 Å². The summed E-state index contributed by atoms with van der Waals surface area (Å²) in [6.45, 7) is 8.30. The number of hydrogen-bond donors (Lipinski definition) is 3. The van der Waals surface area contributed by atoms with Crippen LogP contribution in [0, 0.1) is 10.8 Å². The lowest BCUT2D eigenvalue weighted by atomic mass is 9.88. The van der Waals surface area contributed by atoms with Gasteiger partial charge in [0.1, 0.15) is 5.84 Å². The summed E-state index contributed by atoms with van der Waals surface area (Å²) in [4.78, 5) is 0. The van der Waals surface area contributed by atoms with Crippen molar-refractivity contribution in [1.29, 1.82) is 0 Å². The molecule has 0 aromatic carbocycles. The van der Waals surface area contributed by atoms with Crippen LogP contribution in [0.15, 0.2) is 5.16 Å². The molecular weight excluding hydrogens is 214 g/mol. The van der Waals surface area contributed by atoms with Gasteiger partial charge in [-0.3, -0.25) is 0 Å². The zero-order valence-corrected chi connectivity index (χ0v) is 11.4. The molecule has 1 rings (SSSR count). The number of amidine groups is 1. The smallest absolute Gasteiger partial charge is 0.144 e. The monoisotopic (exact) mass is 241 g/mol. The van der Waals surface area contributed by atoms with E-state index in [9.17, 15) is 0 Å². The molecule has 0 aliphatic heterocycles. The van der Waals surface area contributed by atoms with Crippen LogP contribution in [0.2, 0.25) is 0 Å². The molecule has 0 bridgehead atoms. The minimum atomic E-state index is -0.233. The highest BCUT2D eigenvalue weighted by molar-refractivity contribution is 5.85. The van der Waals surface area contributed by atoms with Crippen LogP contribution in [0.25, 0.3) is 0 Å². The van der Waals surface area contributed by atoms with Crippen molar-refractivity contribution in [3.63, 3.8) is 0 Å². The van der Waals surface area contributed by atoms with Crippen molar-refractivity contribution in [3.05, 3.63) is 0 Å². The van der Waals surface area contributed by atoms with Gasteiger partial charge in [-0.15, -0.1) is 0 Å². The summed E-state index contributed by atoms with van der Waals surface area (Å²) in [6.07, 6.45) is 6.25. The van der Waals surface area contributed by atoms with Gasteiger partial charge in [-0.05, 0) is 37.6 Å². The second kappa shape index (κ2) is 5.71. The number of nitrogens with two attached hydrogens (primary N) is 1. The van der Waals surface area contributed by atoms with Gasteiger partial charge in [-0.2, -0.15) is 0 Å². The highest BCUT2D eigenvalue weighted by Gasteiger charge is 2.40. The predicted molar refractivity (Wildman–Crippen MR) is 71.3 cm³/mol. The molecule has 0 saturated heterocycles. The van der Waals surface area contributed by atoms with Gasteiger partial charge in [0.2, 0.25) is 0 Å². The molecule has 0 spiro atoms. The molecule has 100 valence electrons. The van der Waals surface area contributed by atoms with Crippen molar-refractivity contribution in [2.24, 2.45) is 21.7 Å². The number of nitrogens with zero attached hydrogens (tertiary/aromatic N) is 1. The van der Waals surface area contributed by atoms with E-state index in [1.807, 2.05) is 13.8 Å². The second-order valence-corrected chi connectivity index (χ2v) is 6.05. The Hall–Kier alpha value is -0.770. The van der Waals surface area contributed by atoms with Crippen LogP contribution in [0.5, 0.6) is 0 Å². The molecule has 1 aliphatic carbocycles. The predicted octanol–water partition coefficient (Wildman–Crippen LogP) is 2.32. The lowest BCUT2D eigenvalue weighted by molar-refractivity contribution is 0.304. The third-order valence-electron chi connectivity index (χ3n) is 3.97. The zero-order chi connectivity index (χ0) is 12.9. The molecule has 17 heavy (non-hydrogen) atoms. The van der Waals surface area contributed by atoms with E-state index >= 15 is 0 Å². The first kappa shape index (κ1) is 14.3. The van der Waals surface area contributed by atoms with Crippen molar-refractivity contribution in [3.8, 4) is 0 Å². The summed E-state index contributed by atoms with van der Waals surface area (Å²) in [7, 11) is 0. The van der Waals surface area contributed by atoms with Crippen LogP contribution in [0.3, 0.4) is 0 Å². The third kappa shape index (κ3) is 4.19. The molecule has 4 nitrogen and oxygen atoms in total. The minimum absolute atomic E-state index is 0.233. The molecular formula is C13H27N3O. The fraction of sp³-hybridized carbons (Fsp3) is 0.923. The van der Waals surface area contributed by atoms with E-state index in [1.165, 1.54) is 25.7 Å². The Balaban J connectivity index is 2.20. The van der Waals surface area contributed by atoms with Gasteiger partial charge in [-0.1, -0.05) is 32.3 Å². The first-order valence-corrected chi connectivity index (χ1v) is 6.64. The highest BCUT2D eigenvalue weighted by atomic mass is 16.4. The van der Waals surface area contributed by atoms with Gasteiger partial charge in [0.15, 0.2) is 0 Å². The zero-order valence-electron chi connectivity index (χ0n) is 11.4. The lowest BCUT2D eigenvalue weighted by Gasteiger charge is -2.23. The first-order valence-electron chi connectivity index (χ1n) is 6.64. The summed E-state index contributed by atoms with van der Waals surface area (Å²) in [5.41, 5.74) is 6.01. The summed E-state index contributed by atoms with van der Waals surface area (Å²) in [5.74, 6) is 0.314. The Morgan fingerprint density at radius 3 is 2.59 bits per heavy atom. The number of hydrogen-bond acceptors (Lipinski definition) is 3. The van der Waals surface area contributed by atoms with Gasteiger partial charge in [0.25, 0.3) is 0 Å². The Morgan fingerprint density at radius 1 is 1.47 bits per heavy atom. The molecule has 0 unspecified atom stereocenters. The van der Waals surface area contributed by atoms with Crippen molar-refractivity contribution < 1.29 is 5.21 Å². The van der Waals surface area contributed by atoms with Crippen molar-refractivity contribution >= 4 is 5.84 Å². The van der Waals surface area contributed by atoms with E-state index < -0.39 is 0 Å². The van der Waals surface area contributed by atoms with Crippen LogP contribution in [-0.4, -0.2) is 24.1 Å². The second-order valence-electron chi connectivity index (χ2n) is 6.05. The van der Waals surface area contributed by atoms with Crippen LogP contribution in [0.4, 0.5) is 0 Å². The molecule has 0 aromatic rings. The van der Waals surface area contributed by atoms with Crippen molar-refractivity contribution in [1.82, 2.24) is 5.32 Å². The lowest BCUT2D eigenvalue weighted by Crippen LogP contribution is -2.36. The molecule has 1 saturated carbocycles. The highest BCUT2D eigenvalue weighted by Crippen LogP contribution is 2.48. The molecule has 0 atom stereocenters. The maximum absolute atomic E-state index is 8.68.